The minimum absolute atomic E-state index is 0.355. The molecular weight excluding hydrogens is 250 g/mol. The normalized spacial score (nSPS) is 24.2. The molecule has 1 N–H and O–H groups in total. The fraction of sp³-hybridized carbons (Fsp3) is 0.647. The van der Waals surface area contributed by atoms with Gasteiger partial charge in [-0.15, -0.1) is 0 Å². The van der Waals surface area contributed by atoms with Crippen LogP contribution < -0.4 is 14.8 Å². The molecule has 0 amide bonds. The number of hydrogen-bond donors (Lipinski definition) is 1. The molecule has 2 aliphatic rings. The molecule has 0 aromatic heterocycles. The van der Waals surface area contributed by atoms with Gasteiger partial charge in [-0.3, -0.25) is 0 Å². The van der Waals surface area contributed by atoms with Crippen LogP contribution >= 0.6 is 0 Å². The molecule has 0 bridgehead atoms. The molecular formula is C17H25NO2. The largest absolute Gasteiger partial charge is 0.486 e. The lowest BCUT2D eigenvalue weighted by atomic mass is 9.96. The molecule has 1 atom stereocenters. The number of nitrogens with one attached hydrogen (secondary N) is 1. The Morgan fingerprint density at radius 1 is 1.05 bits per heavy atom. The standard InChI is InChI=1S/C17H25NO2/c1-16(2)15(17(16,3)4)14(18-5)11-6-7-12-13(10-11)20-9-8-19-12/h6-7,10,14-15,18H,8-9H2,1-5H3. The Labute approximate surface area is 121 Å². The number of rotatable bonds is 3. The molecule has 1 heterocycles. The van der Waals surface area contributed by atoms with Crippen LogP contribution in [-0.2, 0) is 0 Å². The Bertz CT molecular complexity index is 508. The Kier molecular flexibility index (Phi) is 3.02. The monoisotopic (exact) mass is 275 g/mol. The first kappa shape index (κ1) is 13.7. The summed E-state index contributed by atoms with van der Waals surface area (Å²) in [7, 11) is 2.05. The Hall–Kier alpha value is -1.22. The van der Waals surface area contributed by atoms with E-state index in [1.807, 2.05) is 13.1 Å². The van der Waals surface area contributed by atoms with Gasteiger partial charge in [0.25, 0.3) is 0 Å². The Morgan fingerprint density at radius 2 is 1.65 bits per heavy atom. The summed E-state index contributed by atoms with van der Waals surface area (Å²) in [6, 6.07) is 6.70. The quantitative estimate of drug-likeness (QED) is 0.917. The van der Waals surface area contributed by atoms with E-state index >= 15 is 0 Å². The van der Waals surface area contributed by atoms with Crippen molar-refractivity contribution in [2.75, 3.05) is 20.3 Å². The smallest absolute Gasteiger partial charge is 0.161 e. The highest BCUT2D eigenvalue weighted by Gasteiger charge is 2.67. The minimum atomic E-state index is 0.355. The van der Waals surface area contributed by atoms with Crippen LogP contribution in [-0.4, -0.2) is 20.3 Å². The molecule has 110 valence electrons. The van der Waals surface area contributed by atoms with E-state index in [2.05, 4.69) is 45.1 Å². The van der Waals surface area contributed by atoms with Gasteiger partial charge in [0.1, 0.15) is 13.2 Å². The molecule has 1 aromatic rings. The number of hydrogen-bond acceptors (Lipinski definition) is 3. The highest BCUT2D eigenvalue weighted by molar-refractivity contribution is 5.45. The molecule has 3 nitrogen and oxygen atoms in total. The maximum absolute atomic E-state index is 5.71. The third kappa shape index (κ3) is 1.83. The first-order chi connectivity index (χ1) is 9.39. The molecule has 20 heavy (non-hydrogen) atoms. The summed E-state index contributed by atoms with van der Waals surface area (Å²) in [5, 5.41) is 3.50. The van der Waals surface area contributed by atoms with Crippen LogP contribution in [0.1, 0.15) is 39.3 Å². The highest BCUT2D eigenvalue weighted by Crippen LogP contribution is 2.72. The lowest BCUT2D eigenvalue weighted by Crippen LogP contribution is -2.22. The number of fused-ring (bicyclic) bond motifs is 1. The third-order valence-electron chi connectivity index (χ3n) is 5.70. The fourth-order valence-corrected chi connectivity index (χ4v) is 3.86. The molecule has 1 aromatic carbocycles. The Morgan fingerprint density at radius 3 is 2.20 bits per heavy atom. The first-order valence-electron chi connectivity index (χ1n) is 7.46. The summed E-state index contributed by atoms with van der Waals surface area (Å²) in [4.78, 5) is 0. The lowest BCUT2D eigenvalue weighted by Gasteiger charge is -2.23. The molecule has 1 fully saturated rings. The van der Waals surface area contributed by atoms with E-state index in [4.69, 9.17) is 9.47 Å². The summed E-state index contributed by atoms with van der Waals surface area (Å²) < 4.78 is 11.3. The molecule has 0 spiro atoms. The molecule has 1 unspecified atom stereocenters. The topological polar surface area (TPSA) is 30.5 Å². The molecule has 1 aliphatic heterocycles. The summed E-state index contributed by atoms with van der Waals surface area (Å²) in [5.74, 6) is 2.37. The Balaban J connectivity index is 1.91. The van der Waals surface area contributed by atoms with Crippen molar-refractivity contribution in [3.05, 3.63) is 23.8 Å². The molecule has 1 aliphatic carbocycles. The van der Waals surface area contributed by atoms with E-state index in [1.54, 1.807) is 0 Å². The zero-order chi connectivity index (χ0) is 14.5. The number of benzene rings is 1. The van der Waals surface area contributed by atoms with Gasteiger partial charge in [-0.1, -0.05) is 33.8 Å². The van der Waals surface area contributed by atoms with Gasteiger partial charge in [-0.05, 0) is 41.5 Å². The van der Waals surface area contributed by atoms with Gasteiger partial charge >= 0.3 is 0 Å². The van der Waals surface area contributed by atoms with Crippen molar-refractivity contribution in [3.63, 3.8) is 0 Å². The van der Waals surface area contributed by atoms with Crippen LogP contribution in [0.2, 0.25) is 0 Å². The lowest BCUT2D eigenvalue weighted by molar-refractivity contribution is 0.171. The van der Waals surface area contributed by atoms with Crippen molar-refractivity contribution in [2.45, 2.75) is 33.7 Å². The van der Waals surface area contributed by atoms with Crippen molar-refractivity contribution in [1.82, 2.24) is 5.32 Å². The summed E-state index contributed by atoms with van der Waals surface area (Å²) in [6.07, 6.45) is 0. The minimum Gasteiger partial charge on any atom is -0.486 e. The molecule has 0 radical (unpaired) electrons. The molecule has 3 heteroatoms. The van der Waals surface area contributed by atoms with Crippen LogP contribution in [0, 0.1) is 16.7 Å². The second kappa shape index (κ2) is 4.39. The summed E-state index contributed by atoms with van der Waals surface area (Å²) in [5.41, 5.74) is 2.00. The summed E-state index contributed by atoms with van der Waals surface area (Å²) >= 11 is 0. The maximum Gasteiger partial charge on any atom is 0.161 e. The van der Waals surface area contributed by atoms with Crippen LogP contribution in [0.25, 0.3) is 0 Å². The molecule has 0 saturated heterocycles. The van der Waals surface area contributed by atoms with Crippen LogP contribution in [0.3, 0.4) is 0 Å². The first-order valence-corrected chi connectivity index (χ1v) is 7.46. The zero-order valence-electron chi connectivity index (χ0n) is 13.1. The van der Waals surface area contributed by atoms with E-state index in [0.29, 0.717) is 36.0 Å². The van der Waals surface area contributed by atoms with E-state index in [9.17, 15) is 0 Å². The summed E-state index contributed by atoms with van der Waals surface area (Å²) in [6.45, 7) is 10.7. The van der Waals surface area contributed by atoms with Crippen molar-refractivity contribution < 1.29 is 9.47 Å². The predicted molar refractivity (Wildman–Crippen MR) is 80.3 cm³/mol. The molecule has 3 rings (SSSR count). The third-order valence-corrected chi connectivity index (χ3v) is 5.70. The van der Waals surface area contributed by atoms with E-state index < -0.39 is 0 Å². The average molecular weight is 275 g/mol. The predicted octanol–water partition coefficient (Wildman–Crippen LogP) is 3.40. The molecule has 1 saturated carbocycles. The fourth-order valence-electron chi connectivity index (χ4n) is 3.86. The van der Waals surface area contributed by atoms with Crippen LogP contribution in [0.4, 0.5) is 0 Å². The van der Waals surface area contributed by atoms with E-state index in [0.717, 1.165) is 11.5 Å². The van der Waals surface area contributed by atoms with Crippen LogP contribution in [0.15, 0.2) is 18.2 Å². The SMILES string of the molecule is CNC(c1ccc2c(c1)OCCO2)C1C(C)(C)C1(C)C. The van der Waals surface area contributed by atoms with Gasteiger partial charge < -0.3 is 14.8 Å². The van der Waals surface area contributed by atoms with Crippen molar-refractivity contribution in [3.8, 4) is 11.5 Å². The van der Waals surface area contributed by atoms with Gasteiger partial charge in [0.05, 0.1) is 0 Å². The van der Waals surface area contributed by atoms with Crippen molar-refractivity contribution in [1.29, 1.82) is 0 Å². The van der Waals surface area contributed by atoms with E-state index in [-0.39, 0.29) is 0 Å². The van der Waals surface area contributed by atoms with Gasteiger partial charge in [0.15, 0.2) is 11.5 Å². The highest BCUT2D eigenvalue weighted by atomic mass is 16.6. The van der Waals surface area contributed by atoms with Gasteiger partial charge in [0, 0.05) is 6.04 Å². The van der Waals surface area contributed by atoms with Crippen molar-refractivity contribution in [2.24, 2.45) is 16.7 Å². The van der Waals surface area contributed by atoms with Gasteiger partial charge in [-0.2, -0.15) is 0 Å². The van der Waals surface area contributed by atoms with Crippen LogP contribution in [0.5, 0.6) is 11.5 Å². The van der Waals surface area contributed by atoms with Crippen molar-refractivity contribution >= 4 is 0 Å². The average Bonchev–Trinajstić information content (AvgIpc) is 2.82. The second-order valence-electron chi connectivity index (χ2n) is 7.09. The number of ether oxygens (including phenoxy) is 2. The zero-order valence-corrected chi connectivity index (χ0v) is 13.1. The van der Waals surface area contributed by atoms with Gasteiger partial charge in [0.2, 0.25) is 0 Å². The van der Waals surface area contributed by atoms with E-state index in [1.165, 1.54) is 5.56 Å². The maximum atomic E-state index is 5.71. The second-order valence-corrected chi connectivity index (χ2v) is 7.09. The van der Waals surface area contributed by atoms with Gasteiger partial charge in [-0.25, -0.2) is 0 Å².